The minimum absolute atomic E-state index is 0.0453. The molecule has 0 saturated carbocycles. The molecule has 0 atom stereocenters. The Kier molecular flexibility index (Phi) is 7.41. The van der Waals surface area contributed by atoms with Gasteiger partial charge in [-0.25, -0.2) is 0 Å². The van der Waals surface area contributed by atoms with E-state index in [1.54, 1.807) is 7.11 Å². The predicted molar refractivity (Wildman–Crippen MR) is 78.9 cm³/mol. The van der Waals surface area contributed by atoms with E-state index in [0.717, 1.165) is 3.57 Å². The summed E-state index contributed by atoms with van der Waals surface area (Å²) in [7, 11) is 1.62. The molecule has 1 aromatic rings. The molecule has 0 aromatic heterocycles. The van der Waals surface area contributed by atoms with E-state index in [-0.39, 0.29) is 12.4 Å². The van der Waals surface area contributed by atoms with Gasteiger partial charge in [-0.3, -0.25) is 9.69 Å². The van der Waals surface area contributed by atoms with Crippen LogP contribution in [0.1, 0.15) is 10.4 Å². The normalized spacial score (nSPS) is 10.9. The van der Waals surface area contributed by atoms with Crippen molar-refractivity contribution in [3.05, 3.63) is 33.4 Å². The largest absolute Gasteiger partial charge is 0.395 e. The minimum Gasteiger partial charge on any atom is -0.395 e. The van der Waals surface area contributed by atoms with Crippen LogP contribution in [-0.2, 0) is 4.74 Å². The second-order valence-electron chi connectivity index (χ2n) is 3.92. The number of hydrogen-bond donors (Lipinski definition) is 1. The molecule has 1 rings (SSSR count). The Hall–Kier alpha value is -0.500. The third kappa shape index (κ3) is 5.43. The first kappa shape index (κ1) is 15.6. The van der Waals surface area contributed by atoms with Crippen molar-refractivity contribution < 1.29 is 14.6 Å². The van der Waals surface area contributed by atoms with Crippen LogP contribution in [0.15, 0.2) is 24.3 Å². The average molecular weight is 363 g/mol. The number of ketones is 1. The number of halogens is 1. The second kappa shape index (κ2) is 8.58. The first-order valence-electron chi connectivity index (χ1n) is 5.78. The number of benzene rings is 1. The average Bonchev–Trinajstić information content (AvgIpc) is 2.37. The third-order valence-electron chi connectivity index (χ3n) is 2.56. The predicted octanol–water partition coefficient (Wildman–Crippen LogP) is 1.41. The van der Waals surface area contributed by atoms with Crippen molar-refractivity contribution in [1.82, 2.24) is 4.90 Å². The van der Waals surface area contributed by atoms with Crippen molar-refractivity contribution in [3.63, 3.8) is 0 Å². The number of methoxy groups -OCH3 is 1. The maximum Gasteiger partial charge on any atom is 0.176 e. The molecule has 0 unspecified atom stereocenters. The van der Waals surface area contributed by atoms with Crippen molar-refractivity contribution >= 4 is 28.4 Å². The molecule has 0 fully saturated rings. The van der Waals surface area contributed by atoms with Crippen LogP contribution in [-0.4, -0.2) is 55.7 Å². The highest BCUT2D eigenvalue weighted by molar-refractivity contribution is 14.1. The summed E-state index contributed by atoms with van der Waals surface area (Å²) in [4.78, 5) is 13.9. The van der Waals surface area contributed by atoms with Crippen LogP contribution in [0, 0.1) is 3.57 Å². The number of aliphatic hydroxyl groups is 1. The summed E-state index contributed by atoms with van der Waals surface area (Å²) in [6.07, 6.45) is 0. The van der Waals surface area contributed by atoms with Gasteiger partial charge in [0.1, 0.15) is 0 Å². The molecule has 5 heteroatoms. The summed E-state index contributed by atoms with van der Waals surface area (Å²) < 4.78 is 6.09. The lowest BCUT2D eigenvalue weighted by Gasteiger charge is -2.19. The van der Waals surface area contributed by atoms with E-state index in [4.69, 9.17) is 9.84 Å². The Morgan fingerprint density at radius 2 is 2.00 bits per heavy atom. The number of nitrogens with zero attached hydrogens (tertiary/aromatic N) is 1. The van der Waals surface area contributed by atoms with Gasteiger partial charge >= 0.3 is 0 Å². The van der Waals surface area contributed by atoms with Gasteiger partial charge in [0.05, 0.1) is 19.8 Å². The number of rotatable bonds is 8. The van der Waals surface area contributed by atoms with E-state index in [2.05, 4.69) is 22.6 Å². The summed E-state index contributed by atoms with van der Waals surface area (Å²) in [6.45, 7) is 2.04. The fourth-order valence-corrected chi connectivity index (χ4v) is 1.92. The summed E-state index contributed by atoms with van der Waals surface area (Å²) in [5.74, 6) is 0.0657. The standard InChI is InChI=1S/C13H18INO3/c1-18-9-7-15(6-8-16)10-13(17)11-2-4-12(14)5-3-11/h2-5,16H,6-10H2,1H3. The van der Waals surface area contributed by atoms with Crippen LogP contribution in [0.2, 0.25) is 0 Å². The molecule has 4 nitrogen and oxygen atoms in total. The lowest BCUT2D eigenvalue weighted by atomic mass is 10.1. The monoisotopic (exact) mass is 363 g/mol. The Morgan fingerprint density at radius 1 is 1.33 bits per heavy atom. The molecular formula is C13H18INO3. The molecule has 0 amide bonds. The molecule has 0 bridgehead atoms. The van der Waals surface area contributed by atoms with Crippen LogP contribution in [0.4, 0.5) is 0 Å². The van der Waals surface area contributed by atoms with Gasteiger partial charge in [-0.1, -0.05) is 12.1 Å². The molecule has 18 heavy (non-hydrogen) atoms. The SMILES string of the molecule is COCCN(CCO)CC(=O)c1ccc(I)cc1. The van der Waals surface area contributed by atoms with Crippen molar-refractivity contribution in [2.45, 2.75) is 0 Å². The Morgan fingerprint density at radius 3 is 2.56 bits per heavy atom. The maximum absolute atomic E-state index is 12.0. The van der Waals surface area contributed by atoms with E-state index in [0.29, 0.717) is 31.8 Å². The van der Waals surface area contributed by atoms with E-state index >= 15 is 0 Å². The van der Waals surface area contributed by atoms with Gasteiger partial charge < -0.3 is 9.84 Å². The minimum atomic E-state index is 0.0453. The second-order valence-corrected chi connectivity index (χ2v) is 5.17. The zero-order valence-electron chi connectivity index (χ0n) is 10.4. The fourth-order valence-electron chi connectivity index (χ4n) is 1.56. The first-order chi connectivity index (χ1) is 8.67. The van der Waals surface area contributed by atoms with Gasteiger partial charge in [-0.05, 0) is 34.7 Å². The quantitative estimate of drug-likeness (QED) is 0.561. The molecule has 1 aromatic carbocycles. The lowest BCUT2D eigenvalue weighted by molar-refractivity contribution is 0.0868. The third-order valence-corrected chi connectivity index (χ3v) is 3.28. The van der Waals surface area contributed by atoms with Crippen LogP contribution in [0.5, 0.6) is 0 Å². The van der Waals surface area contributed by atoms with Crippen molar-refractivity contribution in [2.75, 3.05) is 40.0 Å². The molecule has 100 valence electrons. The van der Waals surface area contributed by atoms with Crippen molar-refractivity contribution in [1.29, 1.82) is 0 Å². The molecule has 0 heterocycles. The summed E-state index contributed by atoms with van der Waals surface area (Å²) in [6, 6.07) is 7.49. The molecule has 0 aliphatic rings. The van der Waals surface area contributed by atoms with E-state index in [9.17, 15) is 4.79 Å². The maximum atomic E-state index is 12.0. The molecular weight excluding hydrogens is 345 g/mol. The molecule has 0 saturated heterocycles. The van der Waals surface area contributed by atoms with Gasteiger partial charge in [-0.2, -0.15) is 0 Å². The van der Waals surface area contributed by atoms with E-state index < -0.39 is 0 Å². The fraction of sp³-hybridized carbons (Fsp3) is 0.462. The lowest BCUT2D eigenvalue weighted by Crippen LogP contribution is -2.35. The number of hydrogen-bond acceptors (Lipinski definition) is 4. The molecule has 1 N–H and O–H groups in total. The highest BCUT2D eigenvalue weighted by Crippen LogP contribution is 2.08. The summed E-state index contributed by atoms with van der Waals surface area (Å²) >= 11 is 2.21. The zero-order chi connectivity index (χ0) is 13.4. The van der Waals surface area contributed by atoms with Gasteiger partial charge in [-0.15, -0.1) is 0 Å². The number of carbonyl (C=O) groups is 1. The number of Topliss-reactive ketones (excluding diaryl/α,β-unsaturated/α-hetero) is 1. The van der Waals surface area contributed by atoms with Crippen molar-refractivity contribution in [2.24, 2.45) is 0 Å². The van der Waals surface area contributed by atoms with Crippen LogP contribution < -0.4 is 0 Å². The van der Waals surface area contributed by atoms with E-state index in [1.165, 1.54) is 0 Å². The van der Waals surface area contributed by atoms with Crippen molar-refractivity contribution in [3.8, 4) is 0 Å². The summed E-state index contributed by atoms with van der Waals surface area (Å²) in [5.41, 5.74) is 0.704. The Balaban J connectivity index is 2.56. The van der Waals surface area contributed by atoms with Crippen LogP contribution >= 0.6 is 22.6 Å². The highest BCUT2D eigenvalue weighted by atomic mass is 127. The van der Waals surface area contributed by atoms with Crippen LogP contribution in [0.25, 0.3) is 0 Å². The van der Waals surface area contributed by atoms with Crippen LogP contribution in [0.3, 0.4) is 0 Å². The molecule has 0 spiro atoms. The first-order valence-corrected chi connectivity index (χ1v) is 6.86. The number of ether oxygens (including phenoxy) is 1. The van der Waals surface area contributed by atoms with Gasteiger partial charge in [0.25, 0.3) is 0 Å². The Labute approximate surface area is 121 Å². The number of aliphatic hydroxyl groups excluding tert-OH is 1. The molecule has 0 aliphatic carbocycles. The Bertz CT molecular complexity index is 367. The van der Waals surface area contributed by atoms with Gasteiger partial charge in [0.2, 0.25) is 0 Å². The van der Waals surface area contributed by atoms with Gasteiger partial charge in [0.15, 0.2) is 5.78 Å². The van der Waals surface area contributed by atoms with E-state index in [1.807, 2.05) is 29.2 Å². The zero-order valence-corrected chi connectivity index (χ0v) is 12.6. The van der Waals surface area contributed by atoms with Gasteiger partial charge in [0, 0.05) is 29.3 Å². The molecule has 0 aliphatic heterocycles. The summed E-state index contributed by atoms with van der Waals surface area (Å²) in [5, 5.41) is 8.96. The highest BCUT2D eigenvalue weighted by Gasteiger charge is 2.11. The topological polar surface area (TPSA) is 49.8 Å². The number of carbonyl (C=O) groups excluding carboxylic acids is 1. The smallest absolute Gasteiger partial charge is 0.176 e. The molecule has 0 radical (unpaired) electrons.